The van der Waals surface area contributed by atoms with Gasteiger partial charge in [0.2, 0.25) is 0 Å². The number of nitrogens with one attached hydrogen (secondary N) is 1. The lowest BCUT2D eigenvalue weighted by Crippen LogP contribution is -2.41. The Morgan fingerprint density at radius 2 is 1.26 bits per heavy atom. The van der Waals surface area contributed by atoms with E-state index in [0.717, 1.165) is 10.9 Å². The van der Waals surface area contributed by atoms with E-state index < -0.39 is 49.2 Å². The summed E-state index contributed by atoms with van der Waals surface area (Å²) in [5.74, 6) is 0. The summed E-state index contributed by atoms with van der Waals surface area (Å²) in [6.45, 7) is 14.7. The summed E-state index contributed by atoms with van der Waals surface area (Å²) >= 11 is 0. The Balaban J connectivity index is 1.94. The largest absolute Gasteiger partial charge is 0.496 e. The van der Waals surface area contributed by atoms with Crippen LogP contribution in [0.5, 0.6) is 0 Å². The molecule has 0 unspecified atom stereocenters. The predicted octanol–water partition coefficient (Wildman–Crippen LogP) is 6.14. The molecule has 0 spiro atoms. The number of alkyl halides is 3. The number of aromatic amines is 1. The van der Waals surface area contributed by atoms with Crippen molar-refractivity contribution in [3.05, 3.63) is 41.5 Å². The molecular formula is C24H32B2F3NO4. The number of halogens is 3. The van der Waals surface area contributed by atoms with Crippen molar-refractivity contribution in [2.24, 2.45) is 0 Å². The predicted molar refractivity (Wildman–Crippen MR) is 128 cm³/mol. The van der Waals surface area contributed by atoms with E-state index in [-0.39, 0.29) is 10.9 Å². The minimum absolute atomic E-state index is 0.0591. The fourth-order valence-electron chi connectivity index (χ4n) is 4.14. The molecule has 0 bridgehead atoms. The van der Waals surface area contributed by atoms with Crippen molar-refractivity contribution in [3.8, 4) is 0 Å². The Morgan fingerprint density at radius 3 is 1.74 bits per heavy atom. The Kier molecular flexibility index (Phi) is 5.88. The van der Waals surface area contributed by atoms with Crippen LogP contribution in [0.2, 0.25) is 0 Å². The smallest absolute Gasteiger partial charge is 0.400 e. The SMILES string of the molecule is CC1(C)OB(/C(CC(F)(F)F)=C(\B2OC(C)(C)C(C)(C)O2)c2cc3ccccc3[nH]2)OC1(C)C. The molecule has 2 aliphatic heterocycles. The molecule has 1 aromatic carbocycles. The van der Waals surface area contributed by atoms with Gasteiger partial charge < -0.3 is 23.6 Å². The van der Waals surface area contributed by atoms with E-state index in [9.17, 15) is 13.2 Å². The van der Waals surface area contributed by atoms with Crippen LogP contribution in [-0.2, 0) is 18.6 Å². The molecule has 0 radical (unpaired) electrons. The van der Waals surface area contributed by atoms with Crippen LogP contribution in [0.25, 0.3) is 16.4 Å². The number of benzene rings is 1. The van der Waals surface area contributed by atoms with E-state index in [1.54, 1.807) is 0 Å². The van der Waals surface area contributed by atoms with E-state index in [4.69, 9.17) is 18.6 Å². The summed E-state index contributed by atoms with van der Waals surface area (Å²) < 4.78 is 66.7. The Hall–Kier alpha value is -1.74. The van der Waals surface area contributed by atoms with Crippen molar-refractivity contribution >= 4 is 30.6 Å². The molecule has 2 fully saturated rings. The highest BCUT2D eigenvalue weighted by atomic mass is 19.4. The minimum atomic E-state index is -4.50. The zero-order chi connectivity index (χ0) is 25.3. The summed E-state index contributed by atoms with van der Waals surface area (Å²) in [6.07, 6.45) is -5.72. The molecule has 0 amide bonds. The lowest BCUT2D eigenvalue weighted by atomic mass is 9.62. The van der Waals surface area contributed by atoms with E-state index in [1.165, 1.54) is 0 Å². The highest BCUT2D eigenvalue weighted by Gasteiger charge is 2.58. The van der Waals surface area contributed by atoms with Gasteiger partial charge in [0.25, 0.3) is 0 Å². The zero-order valence-corrected chi connectivity index (χ0v) is 21.0. The first kappa shape index (κ1) is 25.4. The van der Waals surface area contributed by atoms with Gasteiger partial charge in [0.05, 0.1) is 28.8 Å². The first-order chi connectivity index (χ1) is 15.4. The molecule has 2 aromatic rings. The number of para-hydroxylation sites is 1. The quantitative estimate of drug-likeness (QED) is 0.538. The number of rotatable bonds is 4. The molecule has 0 aliphatic carbocycles. The van der Waals surface area contributed by atoms with Gasteiger partial charge in [-0.1, -0.05) is 18.2 Å². The summed E-state index contributed by atoms with van der Waals surface area (Å²) in [5, 5.41) is 0.867. The molecular weight excluding hydrogens is 445 g/mol. The normalized spacial score (nSPS) is 24.1. The van der Waals surface area contributed by atoms with Crippen molar-refractivity contribution in [2.45, 2.75) is 90.4 Å². The van der Waals surface area contributed by atoms with E-state index in [2.05, 4.69) is 4.98 Å². The molecule has 5 nitrogen and oxygen atoms in total. The van der Waals surface area contributed by atoms with Crippen molar-refractivity contribution < 1.29 is 31.8 Å². The number of hydrogen-bond acceptors (Lipinski definition) is 4. The van der Waals surface area contributed by atoms with Crippen molar-refractivity contribution in [1.29, 1.82) is 0 Å². The van der Waals surface area contributed by atoms with Gasteiger partial charge in [0.1, 0.15) is 0 Å². The van der Waals surface area contributed by atoms with E-state index in [1.807, 2.05) is 85.7 Å². The monoisotopic (exact) mass is 477 g/mol. The second kappa shape index (κ2) is 7.88. The molecule has 34 heavy (non-hydrogen) atoms. The number of allylic oxidation sites excluding steroid dienone is 1. The van der Waals surface area contributed by atoms with Crippen molar-refractivity contribution in [3.63, 3.8) is 0 Å². The summed E-state index contributed by atoms with van der Waals surface area (Å²) in [4.78, 5) is 3.26. The number of fused-ring (bicyclic) bond motifs is 1. The van der Waals surface area contributed by atoms with E-state index in [0.29, 0.717) is 5.69 Å². The van der Waals surface area contributed by atoms with Crippen LogP contribution in [0.15, 0.2) is 35.8 Å². The fourth-order valence-corrected chi connectivity index (χ4v) is 4.14. The van der Waals surface area contributed by atoms with Crippen LogP contribution >= 0.6 is 0 Å². The summed E-state index contributed by atoms with van der Waals surface area (Å²) in [7, 11) is -2.26. The van der Waals surface area contributed by atoms with Crippen molar-refractivity contribution in [1.82, 2.24) is 4.98 Å². The molecule has 4 rings (SSSR count). The first-order valence-corrected chi connectivity index (χ1v) is 11.5. The Labute approximate surface area is 199 Å². The number of H-pyrrole nitrogens is 1. The molecule has 1 N–H and O–H groups in total. The number of aromatic nitrogens is 1. The second-order valence-corrected chi connectivity index (χ2v) is 11.2. The lowest BCUT2D eigenvalue weighted by Gasteiger charge is -2.32. The van der Waals surface area contributed by atoms with Crippen LogP contribution in [-0.4, -0.2) is 47.8 Å². The summed E-state index contributed by atoms with van der Waals surface area (Å²) in [5.41, 5.74) is -1.63. The minimum Gasteiger partial charge on any atom is -0.400 e. The zero-order valence-electron chi connectivity index (χ0n) is 21.0. The molecule has 0 atom stereocenters. The Morgan fingerprint density at radius 1 is 0.794 bits per heavy atom. The second-order valence-electron chi connectivity index (χ2n) is 11.2. The molecule has 184 valence electrons. The average Bonchev–Trinajstić information content (AvgIpc) is 3.23. The van der Waals surface area contributed by atoms with Crippen LogP contribution in [0.4, 0.5) is 13.2 Å². The average molecular weight is 477 g/mol. The third-order valence-electron chi connectivity index (χ3n) is 7.58. The fraction of sp³-hybridized carbons (Fsp3) is 0.583. The standard InChI is InChI=1S/C24H32B2F3NO4/c1-20(2)21(3,4)32-25(31-20)16(14-24(27,28)29)19(26-33-22(5,6)23(7,8)34-26)18-13-15-11-9-10-12-17(15)30-18/h9-13,30H,14H2,1-8H3/b19-16-. The van der Waals surface area contributed by atoms with Crippen LogP contribution < -0.4 is 0 Å². The maximum Gasteiger partial charge on any atom is 0.496 e. The third-order valence-corrected chi connectivity index (χ3v) is 7.58. The van der Waals surface area contributed by atoms with Gasteiger partial charge in [-0.15, -0.1) is 0 Å². The van der Waals surface area contributed by atoms with Gasteiger partial charge in [0.15, 0.2) is 0 Å². The van der Waals surface area contributed by atoms with Crippen LogP contribution in [0.3, 0.4) is 0 Å². The van der Waals surface area contributed by atoms with Crippen molar-refractivity contribution in [2.75, 3.05) is 0 Å². The molecule has 1 aromatic heterocycles. The van der Waals surface area contributed by atoms with Gasteiger partial charge >= 0.3 is 20.4 Å². The van der Waals surface area contributed by atoms with E-state index >= 15 is 0 Å². The molecule has 2 aliphatic rings. The highest BCUT2D eigenvalue weighted by Crippen LogP contribution is 2.46. The van der Waals surface area contributed by atoms with Gasteiger partial charge in [-0.05, 0) is 78.4 Å². The summed E-state index contributed by atoms with van der Waals surface area (Å²) in [6, 6.07) is 9.33. The van der Waals surface area contributed by atoms with Crippen LogP contribution in [0, 0.1) is 0 Å². The maximum atomic E-state index is 14.0. The van der Waals surface area contributed by atoms with Gasteiger partial charge in [-0.2, -0.15) is 13.2 Å². The van der Waals surface area contributed by atoms with Gasteiger partial charge in [0, 0.05) is 16.7 Å². The van der Waals surface area contributed by atoms with Crippen LogP contribution in [0.1, 0.15) is 67.5 Å². The maximum absolute atomic E-state index is 14.0. The molecule has 2 saturated heterocycles. The van der Waals surface area contributed by atoms with Gasteiger partial charge in [-0.25, -0.2) is 0 Å². The molecule has 10 heteroatoms. The molecule has 0 saturated carbocycles. The molecule has 3 heterocycles. The first-order valence-electron chi connectivity index (χ1n) is 11.5. The topological polar surface area (TPSA) is 52.7 Å². The number of hydrogen-bond donors (Lipinski definition) is 1. The highest BCUT2D eigenvalue weighted by molar-refractivity contribution is 6.74. The van der Waals surface area contributed by atoms with Gasteiger partial charge in [-0.3, -0.25) is 0 Å². The lowest BCUT2D eigenvalue weighted by molar-refractivity contribution is -0.126. The third kappa shape index (κ3) is 4.45. The Bertz CT molecular complexity index is 1060.